The van der Waals surface area contributed by atoms with Crippen molar-refractivity contribution < 1.29 is 14.4 Å². The molecular formula is C22H24ClN3O3. The summed E-state index contributed by atoms with van der Waals surface area (Å²) in [5.74, 6) is -1.18. The van der Waals surface area contributed by atoms with Crippen molar-refractivity contribution in [1.29, 1.82) is 0 Å². The summed E-state index contributed by atoms with van der Waals surface area (Å²) >= 11 is 6.17. The standard InChI is InChI=1S/C22H24ClN3O3/c1-13(2)24-22(29)16-7-4-5-9-18(16)25-21(28)15-11-20(27)26(12-15)19-10-6-8-17(23)14(19)3/h4-10,13,15H,11-12H2,1-3H3,(H,24,29)(H,25,28)/t15-/m0/s1. The Bertz CT molecular complexity index is 958. The minimum atomic E-state index is -0.512. The Morgan fingerprint density at radius 1 is 1.14 bits per heavy atom. The predicted octanol–water partition coefficient (Wildman–Crippen LogP) is 3.78. The highest BCUT2D eigenvalue weighted by molar-refractivity contribution is 6.31. The van der Waals surface area contributed by atoms with Gasteiger partial charge in [0.25, 0.3) is 5.91 Å². The molecule has 1 aliphatic rings. The second-order valence-electron chi connectivity index (χ2n) is 7.45. The van der Waals surface area contributed by atoms with Crippen LogP contribution in [0.1, 0.15) is 36.2 Å². The third-order valence-electron chi connectivity index (χ3n) is 4.88. The number of hydrogen-bond donors (Lipinski definition) is 2. The molecule has 0 saturated carbocycles. The second-order valence-corrected chi connectivity index (χ2v) is 7.86. The molecule has 1 fully saturated rings. The van der Waals surface area contributed by atoms with Crippen LogP contribution in [0.5, 0.6) is 0 Å². The minimum absolute atomic E-state index is 0.0202. The normalized spacial score (nSPS) is 16.2. The van der Waals surface area contributed by atoms with E-state index < -0.39 is 5.92 Å². The first-order chi connectivity index (χ1) is 13.8. The van der Waals surface area contributed by atoms with Crippen LogP contribution >= 0.6 is 11.6 Å². The number of hydrogen-bond acceptors (Lipinski definition) is 3. The smallest absolute Gasteiger partial charge is 0.253 e. The van der Waals surface area contributed by atoms with Gasteiger partial charge in [0, 0.05) is 29.7 Å². The van der Waals surface area contributed by atoms with Gasteiger partial charge in [-0.1, -0.05) is 29.8 Å². The van der Waals surface area contributed by atoms with E-state index in [0.717, 1.165) is 11.3 Å². The highest BCUT2D eigenvalue weighted by atomic mass is 35.5. The molecule has 0 unspecified atom stereocenters. The largest absolute Gasteiger partial charge is 0.350 e. The van der Waals surface area contributed by atoms with Crippen molar-refractivity contribution >= 4 is 40.7 Å². The van der Waals surface area contributed by atoms with Crippen molar-refractivity contribution in [3.05, 3.63) is 58.6 Å². The van der Waals surface area contributed by atoms with Gasteiger partial charge in [-0.2, -0.15) is 0 Å². The average molecular weight is 414 g/mol. The highest BCUT2D eigenvalue weighted by Gasteiger charge is 2.36. The van der Waals surface area contributed by atoms with Gasteiger partial charge in [-0.05, 0) is 50.6 Å². The molecule has 0 aromatic heterocycles. The highest BCUT2D eigenvalue weighted by Crippen LogP contribution is 2.32. The first-order valence-electron chi connectivity index (χ1n) is 9.54. The quantitative estimate of drug-likeness (QED) is 0.782. The van der Waals surface area contributed by atoms with Gasteiger partial charge in [0.15, 0.2) is 0 Å². The number of carbonyl (C=O) groups is 3. The Kier molecular flexibility index (Phi) is 6.23. The molecule has 29 heavy (non-hydrogen) atoms. The van der Waals surface area contributed by atoms with E-state index in [2.05, 4.69) is 10.6 Å². The van der Waals surface area contributed by atoms with Gasteiger partial charge >= 0.3 is 0 Å². The summed E-state index contributed by atoms with van der Waals surface area (Å²) in [5.41, 5.74) is 2.34. The Balaban J connectivity index is 1.75. The zero-order chi connectivity index (χ0) is 21.1. The number of nitrogens with one attached hydrogen (secondary N) is 2. The van der Waals surface area contributed by atoms with Crippen molar-refractivity contribution in [1.82, 2.24) is 5.32 Å². The Morgan fingerprint density at radius 3 is 2.59 bits per heavy atom. The molecule has 1 atom stereocenters. The molecule has 152 valence electrons. The molecule has 1 aliphatic heterocycles. The van der Waals surface area contributed by atoms with Crippen LogP contribution in [0.3, 0.4) is 0 Å². The Hall–Kier alpha value is -2.86. The Morgan fingerprint density at radius 2 is 1.86 bits per heavy atom. The first kappa shape index (κ1) is 20.9. The molecule has 7 heteroatoms. The number of halogens is 1. The van der Waals surface area contributed by atoms with Crippen LogP contribution in [-0.4, -0.2) is 30.3 Å². The van der Waals surface area contributed by atoms with Crippen LogP contribution in [0.2, 0.25) is 5.02 Å². The molecular weight excluding hydrogens is 390 g/mol. The molecule has 3 amide bonds. The molecule has 1 heterocycles. The monoisotopic (exact) mass is 413 g/mol. The number of benzene rings is 2. The number of rotatable bonds is 5. The van der Waals surface area contributed by atoms with Crippen molar-refractivity contribution in [2.24, 2.45) is 5.92 Å². The summed E-state index contributed by atoms with van der Waals surface area (Å²) in [4.78, 5) is 39.4. The maximum Gasteiger partial charge on any atom is 0.253 e. The van der Waals surface area contributed by atoms with Crippen molar-refractivity contribution in [3.63, 3.8) is 0 Å². The average Bonchev–Trinajstić information content (AvgIpc) is 3.05. The Labute approximate surface area is 175 Å². The van der Waals surface area contributed by atoms with E-state index in [1.165, 1.54) is 0 Å². The maximum absolute atomic E-state index is 12.8. The molecule has 2 N–H and O–H groups in total. The molecule has 6 nitrogen and oxygen atoms in total. The molecule has 0 aliphatic carbocycles. The van der Waals surface area contributed by atoms with Crippen LogP contribution in [0.4, 0.5) is 11.4 Å². The summed E-state index contributed by atoms with van der Waals surface area (Å²) in [7, 11) is 0. The van der Waals surface area contributed by atoms with Gasteiger partial charge in [-0.3, -0.25) is 14.4 Å². The summed E-state index contributed by atoms with van der Waals surface area (Å²) in [5, 5.41) is 6.22. The van der Waals surface area contributed by atoms with E-state index in [4.69, 9.17) is 11.6 Å². The molecule has 0 bridgehead atoms. The third kappa shape index (κ3) is 4.59. The number of carbonyl (C=O) groups excluding carboxylic acids is 3. The van der Waals surface area contributed by atoms with Gasteiger partial charge in [0.05, 0.1) is 17.2 Å². The maximum atomic E-state index is 12.8. The fourth-order valence-electron chi connectivity index (χ4n) is 3.37. The lowest BCUT2D eigenvalue weighted by Gasteiger charge is -2.20. The van der Waals surface area contributed by atoms with Crippen LogP contribution in [0.25, 0.3) is 0 Å². The van der Waals surface area contributed by atoms with Crippen LogP contribution in [-0.2, 0) is 9.59 Å². The van der Waals surface area contributed by atoms with Gasteiger partial charge in [0.2, 0.25) is 11.8 Å². The lowest BCUT2D eigenvalue weighted by Crippen LogP contribution is -2.32. The molecule has 1 saturated heterocycles. The van der Waals surface area contributed by atoms with Crippen molar-refractivity contribution in [2.75, 3.05) is 16.8 Å². The molecule has 2 aromatic carbocycles. The van der Waals surface area contributed by atoms with E-state index in [1.54, 1.807) is 41.3 Å². The second kappa shape index (κ2) is 8.66. The number of nitrogens with zero attached hydrogens (tertiary/aromatic N) is 1. The predicted molar refractivity (Wildman–Crippen MR) is 114 cm³/mol. The number of amides is 3. The molecule has 3 rings (SSSR count). The molecule has 0 radical (unpaired) electrons. The lowest BCUT2D eigenvalue weighted by molar-refractivity contribution is -0.122. The van der Waals surface area contributed by atoms with Gasteiger partial charge < -0.3 is 15.5 Å². The fraction of sp³-hybridized carbons (Fsp3) is 0.318. The van der Waals surface area contributed by atoms with Crippen molar-refractivity contribution in [3.8, 4) is 0 Å². The summed E-state index contributed by atoms with van der Waals surface area (Å²) in [6.45, 7) is 5.86. The van der Waals surface area contributed by atoms with Gasteiger partial charge in [-0.15, -0.1) is 0 Å². The van der Waals surface area contributed by atoms with E-state index in [1.807, 2.05) is 26.8 Å². The number of anilines is 2. The van der Waals surface area contributed by atoms with E-state index in [0.29, 0.717) is 16.3 Å². The minimum Gasteiger partial charge on any atom is -0.350 e. The SMILES string of the molecule is Cc1c(Cl)cccc1N1C[C@@H](C(=O)Nc2ccccc2C(=O)NC(C)C)CC1=O. The van der Waals surface area contributed by atoms with Crippen molar-refractivity contribution in [2.45, 2.75) is 33.2 Å². The summed E-state index contributed by atoms with van der Waals surface area (Å²) in [6, 6.07) is 12.2. The lowest BCUT2D eigenvalue weighted by atomic mass is 10.1. The fourth-order valence-corrected chi connectivity index (χ4v) is 3.54. The van der Waals surface area contributed by atoms with Crippen LogP contribution < -0.4 is 15.5 Å². The van der Waals surface area contributed by atoms with Crippen LogP contribution in [0.15, 0.2) is 42.5 Å². The zero-order valence-electron chi connectivity index (χ0n) is 16.7. The summed E-state index contributed by atoms with van der Waals surface area (Å²) in [6.07, 6.45) is 0.109. The zero-order valence-corrected chi connectivity index (χ0v) is 17.4. The van der Waals surface area contributed by atoms with Gasteiger partial charge in [0.1, 0.15) is 0 Å². The first-order valence-corrected chi connectivity index (χ1v) is 9.92. The van der Waals surface area contributed by atoms with E-state index in [9.17, 15) is 14.4 Å². The molecule has 2 aromatic rings. The van der Waals surface area contributed by atoms with Gasteiger partial charge in [-0.25, -0.2) is 0 Å². The van der Waals surface area contributed by atoms with E-state index in [-0.39, 0.29) is 36.7 Å². The number of para-hydroxylation sites is 1. The van der Waals surface area contributed by atoms with E-state index >= 15 is 0 Å². The topological polar surface area (TPSA) is 78.5 Å². The summed E-state index contributed by atoms with van der Waals surface area (Å²) < 4.78 is 0. The van der Waals surface area contributed by atoms with Crippen LogP contribution in [0, 0.1) is 12.8 Å². The molecule has 0 spiro atoms. The third-order valence-corrected chi connectivity index (χ3v) is 5.28.